The lowest BCUT2D eigenvalue weighted by atomic mass is 10.2. The number of hydrogen-bond acceptors (Lipinski definition) is 2. The van der Waals surface area contributed by atoms with E-state index in [-0.39, 0.29) is 6.61 Å². The van der Waals surface area contributed by atoms with Crippen molar-refractivity contribution in [3.05, 3.63) is 58.1 Å². The molecule has 21 heavy (non-hydrogen) atoms. The lowest BCUT2D eigenvalue weighted by Crippen LogP contribution is -2.21. The van der Waals surface area contributed by atoms with E-state index >= 15 is 0 Å². The van der Waals surface area contributed by atoms with Gasteiger partial charge in [0.1, 0.15) is 23.1 Å². The Morgan fingerprint density at radius 2 is 1.90 bits per heavy atom. The van der Waals surface area contributed by atoms with Gasteiger partial charge in [-0.1, -0.05) is 12.1 Å². The molecule has 0 unspecified atom stereocenters. The molecule has 0 aromatic heterocycles. The molecule has 0 aliphatic rings. The smallest absolute Gasteiger partial charge is 0.262 e. The molecule has 0 saturated carbocycles. The molecule has 0 spiro atoms. The number of benzene rings is 2. The average Bonchev–Trinajstić information content (AvgIpc) is 2.42. The first-order valence-electron chi connectivity index (χ1n) is 6.10. The van der Waals surface area contributed by atoms with Gasteiger partial charge in [-0.3, -0.25) is 4.79 Å². The van der Waals surface area contributed by atoms with Crippen LogP contribution in [0.3, 0.4) is 0 Å². The SMILES string of the molecule is Cc1ccc(OCC(=O)Nc2c(F)cccc2F)c(Br)c1. The van der Waals surface area contributed by atoms with Gasteiger partial charge in [-0.05, 0) is 52.7 Å². The summed E-state index contributed by atoms with van der Waals surface area (Å²) in [4.78, 5) is 11.7. The summed E-state index contributed by atoms with van der Waals surface area (Å²) in [7, 11) is 0. The molecular formula is C15H12BrF2NO2. The summed E-state index contributed by atoms with van der Waals surface area (Å²) in [6.07, 6.45) is 0. The van der Waals surface area contributed by atoms with Gasteiger partial charge in [0, 0.05) is 0 Å². The van der Waals surface area contributed by atoms with E-state index in [4.69, 9.17) is 4.74 Å². The van der Waals surface area contributed by atoms with Gasteiger partial charge in [-0.25, -0.2) is 8.78 Å². The topological polar surface area (TPSA) is 38.3 Å². The predicted molar refractivity (Wildman–Crippen MR) is 79.4 cm³/mol. The number of carbonyl (C=O) groups excluding carboxylic acids is 1. The Bertz CT molecular complexity index is 656. The molecule has 0 saturated heterocycles. The maximum absolute atomic E-state index is 13.4. The van der Waals surface area contributed by atoms with Gasteiger partial charge in [-0.2, -0.15) is 0 Å². The highest BCUT2D eigenvalue weighted by atomic mass is 79.9. The fourth-order valence-corrected chi connectivity index (χ4v) is 2.27. The Hall–Kier alpha value is -1.95. The molecule has 3 nitrogen and oxygen atoms in total. The normalized spacial score (nSPS) is 10.3. The number of halogens is 3. The van der Waals surface area contributed by atoms with Gasteiger partial charge in [0.15, 0.2) is 6.61 Å². The molecule has 0 radical (unpaired) electrons. The zero-order valence-corrected chi connectivity index (χ0v) is 12.7. The highest BCUT2D eigenvalue weighted by molar-refractivity contribution is 9.10. The van der Waals surface area contributed by atoms with Crippen molar-refractivity contribution in [2.75, 3.05) is 11.9 Å². The van der Waals surface area contributed by atoms with Crippen molar-refractivity contribution in [3.8, 4) is 5.75 Å². The van der Waals surface area contributed by atoms with E-state index in [0.717, 1.165) is 17.7 Å². The van der Waals surface area contributed by atoms with Crippen molar-refractivity contribution >= 4 is 27.5 Å². The number of rotatable bonds is 4. The van der Waals surface area contributed by atoms with Crippen LogP contribution in [0.25, 0.3) is 0 Å². The number of amides is 1. The molecule has 1 amide bonds. The predicted octanol–water partition coefficient (Wildman–Crippen LogP) is 4.05. The van der Waals surface area contributed by atoms with Crippen LogP contribution in [-0.4, -0.2) is 12.5 Å². The van der Waals surface area contributed by atoms with Crippen LogP contribution in [0.4, 0.5) is 14.5 Å². The molecule has 2 aromatic carbocycles. The van der Waals surface area contributed by atoms with Crippen LogP contribution >= 0.6 is 15.9 Å². The van der Waals surface area contributed by atoms with Gasteiger partial charge in [0.2, 0.25) is 0 Å². The van der Waals surface area contributed by atoms with Crippen LogP contribution in [0.1, 0.15) is 5.56 Å². The molecule has 0 fully saturated rings. The van der Waals surface area contributed by atoms with E-state index in [1.807, 2.05) is 19.1 Å². The zero-order valence-electron chi connectivity index (χ0n) is 11.1. The van der Waals surface area contributed by atoms with Crippen molar-refractivity contribution in [2.24, 2.45) is 0 Å². The van der Waals surface area contributed by atoms with Gasteiger partial charge < -0.3 is 10.1 Å². The number of carbonyl (C=O) groups is 1. The fraction of sp³-hybridized carbons (Fsp3) is 0.133. The average molecular weight is 356 g/mol. The lowest BCUT2D eigenvalue weighted by molar-refractivity contribution is -0.118. The van der Waals surface area contributed by atoms with Gasteiger partial charge >= 0.3 is 0 Å². The van der Waals surface area contributed by atoms with Crippen molar-refractivity contribution in [3.63, 3.8) is 0 Å². The molecule has 2 aromatic rings. The van der Waals surface area contributed by atoms with E-state index in [1.165, 1.54) is 6.07 Å². The molecule has 6 heteroatoms. The minimum absolute atomic E-state index is 0.352. The second kappa shape index (κ2) is 6.67. The Kier molecular flexibility index (Phi) is 4.90. The van der Waals surface area contributed by atoms with Crippen molar-refractivity contribution in [1.29, 1.82) is 0 Å². The minimum Gasteiger partial charge on any atom is -0.483 e. The summed E-state index contributed by atoms with van der Waals surface area (Å²) in [5, 5.41) is 2.15. The summed E-state index contributed by atoms with van der Waals surface area (Å²) < 4.78 is 32.8. The molecular weight excluding hydrogens is 344 g/mol. The zero-order chi connectivity index (χ0) is 15.4. The maximum Gasteiger partial charge on any atom is 0.262 e. The van der Waals surface area contributed by atoms with E-state index in [2.05, 4.69) is 21.2 Å². The summed E-state index contributed by atoms with van der Waals surface area (Å²) in [6, 6.07) is 8.72. The molecule has 0 bridgehead atoms. The Morgan fingerprint density at radius 3 is 2.52 bits per heavy atom. The molecule has 110 valence electrons. The van der Waals surface area contributed by atoms with E-state index in [9.17, 15) is 13.6 Å². The van der Waals surface area contributed by atoms with Crippen LogP contribution < -0.4 is 10.1 Å². The Morgan fingerprint density at radius 1 is 1.24 bits per heavy atom. The van der Waals surface area contributed by atoms with E-state index < -0.39 is 23.2 Å². The lowest BCUT2D eigenvalue weighted by Gasteiger charge is -2.10. The van der Waals surface area contributed by atoms with Crippen LogP contribution in [-0.2, 0) is 4.79 Å². The molecule has 0 aliphatic carbocycles. The van der Waals surface area contributed by atoms with Gasteiger partial charge in [0.05, 0.1) is 4.47 Å². The first kappa shape index (κ1) is 15.4. The third kappa shape index (κ3) is 4.01. The molecule has 0 heterocycles. The molecule has 0 aliphatic heterocycles. The van der Waals surface area contributed by atoms with E-state index in [0.29, 0.717) is 10.2 Å². The van der Waals surface area contributed by atoms with E-state index in [1.54, 1.807) is 6.07 Å². The molecule has 2 rings (SSSR count). The standard InChI is InChI=1S/C15H12BrF2NO2/c1-9-5-6-13(10(16)7-9)21-8-14(20)19-15-11(17)3-2-4-12(15)18/h2-7H,8H2,1H3,(H,19,20). The number of para-hydroxylation sites is 1. The summed E-state index contributed by atoms with van der Waals surface area (Å²) in [5.41, 5.74) is 0.557. The molecule has 1 N–H and O–H groups in total. The maximum atomic E-state index is 13.4. The highest BCUT2D eigenvalue weighted by Gasteiger charge is 2.12. The number of ether oxygens (including phenoxy) is 1. The van der Waals surface area contributed by atoms with Crippen LogP contribution in [0.5, 0.6) is 5.75 Å². The largest absolute Gasteiger partial charge is 0.483 e. The summed E-state index contributed by atoms with van der Waals surface area (Å²) >= 11 is 3.31. The number of aryl methyl sites for hydroxylation is 1. The molecule has 0 atom stereocenters. The van der Waals surface area contributed by atoms with Crippen molar-refractivity contribution in [2.45, 2.75) is 6.92 Å². The Balaban J connectivity index is 1.99. The summed E-state index contributed by atoms with van der Waals surface area (Å²) in [5.74, 6) is -1.84. The second-order valence-corrected chi connectivity index (χ2v) is 5.22. The monoisotopic (exact) mass is 355 g/mol. The van der Waals surface area contributed by atoms with Crippen molar-refractivity contribution < 1.29 is 18.3 Å². The first-order valence-corrected chi connectivity index (χ1v) is 6.89. The number of hydrogen-bond donors (Lipinski definition) is 1. The van der Waals surface area contributed by atoms with Gasteiger partial charge in [-0.15, -0.1) is 0 Å². The highest BCUT2D eigenvalue weighted by Crippen LogP contribution is 2.25. The fourth-order valence-electron chi connectivity index (χ4n) is 1.66. The summed E-state index contributed by atoms with van der Waals surface area (Å²) in [6.45, 7) is 1.57. The van der Waals surface area contributed by atoms with Crippen LogP contribution in [0, 0.1) is 18.6 Å². The third-order valence-electron chi connectivity index (χ3n) is 2.67. The number of anilines is 1. The van der Waals surface area contributed by atoms with Crippen molar-refractivity contribution in [1.82, 2.24) is 0 Å². The van der Waals surface area contributed by atoms with Crippen LogP contribution in [0.15, 0.2) is 40.9 Å². The second-order valence-electron chi connectivity index (χ2n) is 4.37. The van der Waals surface area contributed by atoms with Gasteiger partial charge in [0.25, 0.3) is 5.91 Å². The first-order chi connectivity index (χ1) is 9.97. The minimum atomic E-state index is -0.833. The quantitative estimate of drug-likeness (QED) is 0.898. The Labute approximate surface area is 129 Å². The van der Waals surface area contributed by atoms with Crippen LogP contribution in [0.2, 0.25) is 0 Å². The number of nitrogens with one attached hydrogen (secondary N) is 1. The third-order valence-corrected chi connectivity index (χ3v) is 3.29.